The van der Waals surface area contributed by atoms with E-state index in [1.807, 2.05) is 10.9 Å². The summed E-state index contributed by atoms with van der Waals surface area (Å²) in [6.45, 7) is 4.86. The quantitative estimate of drug-likeness (QED) is 0.762. The van der Waals surface area contributed by atoms with Crippen LogP contribution < -0.4 is 11.1 Å². The first kappa shape index (κ1) is 15.8. The number of nitrogens with one attached hydrogen (secondary N) is 1. The van der Waals surface area contributed by atoms with E-state index in [1.54, 1.807) is 11.3 Å². The van der Waals surface area contributed by atoms with E-state index in [9.17, 15) is 0 Å². The molecule has 0 aliphatic carbocycles. The van der Waals surface area contributed by atoms with E-state index >= 15 is 0 Å². The highest BCUT2D eigenvalue weighted by molar-refractivity contribution is 7.80. The minimum Gasteiger partial charge on any atom is -0.389 e. The first-order chi connectivity index (χ1) is 10.2. The fourth-order valence-corrected chi connectivity index (χ4v) is 3.04. The van der Waals surface area contributed by atoms with Crippen molar-refractivity contribution in [2.75, 3.05) is 11.9 Å². The second-order valence-corrected chi connectivity index (χ2v) is 5.74. The molecule has 0 fully saturated rings. The van der Waals surface area contributed by atoms with Crippen molar-refractivity contribution in [3.05, 3.63) is 33.4 Å². The Morgan fingerprint density at radius 1 is 1.33 bits per heavy atom. The van der Waals surface area contributed by atoms with Gasteiger partial charge in [-0.15, -0.1) is 16.4 Å². The van der Waals surface area contributed by atoms with Crippen molar-refractivity contribution in [1.29, 1.82) is 0 Å². The lowest BCUT2D eigenvalue weighted by atomic mass is 10.0. The van der Waals surface area contributed by atoms with E-state index in [0.29, 0.717) is 10.8 Å². The van der Waals surface area contributed by atoms with Crippen molar-refractivity contribution in [3.8, 4) is 0 Å². The topological polar surface area (TPSA) is 76.7 Å². The van der Waals surface area contributed by atoms with Crippen molar-refractivity contribution >= 4 is 34.4 Å². The molecule has 0 aromatic carbocycles. The smallest absolute Gasteiger partial charge is 0.159 e. The number of anilines is 1. The number of aromatic nitrogens is 3. The predicted molar refractivity (Wildman–Crippen MR) is 91.0 cm³/mol. The van der Waals surface area contributed by atoms with Gasteiger partial charge in [0.1, 0.15) is 4.99 Å². The Hall–Kier alpha value is -1.60. The third-order valence-electron chi connectivity index (χ3n) is 3.25. The molecule has 112 valence electrons. The van der Waals surface area contributed by atoms with Crippen LogP contribution in [0.3, 0.4) is 0 Å². The summed E-state index contributed by atoms with van der Waals surface area (Å²) in [6, 6.07) is 0. The van der Waals surface area contributed by atoms with Crippen molar-refractivity contribution in [2.45, 2.75) is 33.1 Å². The highest BCUT2D eigenvalue weighted by Crippen LogP contribution is 2.21. The largest absolute Gasteiger partial charge is 0.389 e. The van der Waals surface area contributed by atoms with Gasteiger partial charge < -0.3 is 11.1 Å². The molecule has 2 heterocycles. The zero-order chi connectivity index (χ0) is 15.2. The zero-order valence-electron chi connectivity index (χ0n) is 12.2. The lowest BCUT2D eigenvalue weighted by Gasteiger charge is -2.15. The Balaban J connectivity index is 2.20. The number of nitrogens with zero attached hydrogens (tertiary/aromatic N) is 3. The van der Waals surface area contributed by atoms with E-state index < -0.39 is 0 Å². The molecular weight excluding hydrogens is 302 g/mol. The SMILES string of the molecule is CCc1nnc(NCCc2cscn2)c(C(N)=S)c1CC. The van der Waals surface area contributed by atoms with Gasteiger partial charge in [0.05, 0.1) is 22.5 Å². The molecule has 0 bridgehead atoms. The molecule has 0 atom stereocenters. The summed E-state index contributed by atoms with van der Waals surface area (Å²) < 4.78 is 0. The number of thiocarbonyl (C=S) groups is 1. The number of thiazole rings is 1. The number of nitrogens with two attached hydrogens (primary N) is 1. The zero-order valence-corrected chi connectivity index (χ0v) is 13.9. The molecule has 7 heteroatoms. The van der Waals surface area contributed by atoms with Gasteiger partial charge in [0.15, 0.2) is 5.82 Å². The Labute approximate surface area is 134 Å². The fourth-order valence-electron chi connectivity index (χ4n) is 2.23. The first-order valence-electron chi connectivity index (χ1n) is 6.96. The average molecular weight is 321 g/mol. The van der Waals surface area contributed by atoms with Crippen LogP contribution in [-0.4, -0.2) is 26.7 Å². The molecule has 3 N–H and O–H groups in total. The Morgan fingerprint density at radius 2 is 2.14 bits per heavy atom. The number of hydrogen-bond donors (Lipinski definition) is 2. The minimum atomic E-state index is 0.368. The maximum absolute atomic E-state index is 5.89. The van der Waals surface area contributed by atoms with Gasteiger partial charge in [-0.25, -0.2) is 4.98 Å². The van der Waals surface area contributed by atoms with Gasteiger partial charge in [-0.05, 0) is 18.4 Å². The van der Waals surface area contributed by atoms with E-state index in [-0.39, 0.29) is 0 Å². The monoisotopic (exact) mass is 321 g/mol. The van der Waals surface area contributed by atoms with E-state index in [1.165, 1.54) is 0 Å². The summed E-state index contributed by atoms with van der Waals surface area (Å²) in [7, 11) is 0. The highest BCUT2D eigenvalue weighted by atomic mass is 32.1. The molecule has 0 saturated carbocycles. The van der Waals surface area contributed by atoms with Crippen molar-refractivity contribution in [2.24, 2.45) is 5.73 Å². The number of hydrogen-bond acceptors (Lipinski definition) is 6. The van der Waals surface area contributed by atoms with Crippen LogP contribution in [0.2, 0.25) is 0 Å². The molecule has 0 radical (unpaired) electrons. The molecule has 0 amide bonds. The summed E-state index contributed by atoms with van der Waals surface area (Å²) in [4.78, 5) is 4.63. The average Bonchev–Trinajstić information content (AvgIpc) is 2.99. The van der Waals surface area contributed by atoms with Crippen LogP contribution in [0.5, 0.6) is 0 Å². The van der Waals surface area contributed by atoms with Gasteiger partial charge in [0.25, 0.3) is 0 Å². The van der Waals surface area contributed by atoms with Gasteiger partial charge >= 0.3 is 0 Å². The van der Waals surface area contributed by atoms with Crippen molar-refractivity contribution in [1.82, 2.24) is 15.2 Å². The molecule has 0 aliphatic rings. The third kappa shape index (κ3) is 3.74. The van der Waals surface area contributed by atoms with Crippen molar-refractivity contribution in [3.63, 3.8) is 0 Å². The summed E-state index contributed by atoms with van der Waals surface area (Å²) >= 11 is 6.80. The summed E-state index contributed by atoms with van der Waals surface area (Å²) in [5.74, 6) is 0.673. The molecule has 2 aromatic rings. The van der Waals surface area contributed by atoms with Gasteiger partial charge in [-0.1, -0.05) is 26.1 Å². The van der Waals surface area contributed by atoms with Gasteiger partial charge in [0.2, 0.25) is 0 Å². The van der Waals surface area contributed by atoms with Crippen LogP contribution in [0.4, 0.5) is 5.82 Å². The lowest BCUT2D eigenvalue weighted by Crippen LogP contribution is -2.20. The van der Waals surface area contributed by atoms with Gasteiger partial charge in [-0.3, -0.25) is 0 Å². The molecule has 0 spiro atoms. The van der Waals surface area contributed by atoms with Crippen LogP contribution in [0.25, 0.3) is 0 Å². The van der Waals surface area contributed by atoms with Gasteiger partial charge in [0, 0.05) is 18.3 Å². The Morgan fingerprint density at radius 3 is 2.71 bits per heavy atom. The van der Waals surface area contributed by atoms with Gasteiger partial charge in [-0.2, -0.15) is 5.10 Å². The molecular formula is C14H19N5S2. The Bertz CT molecular complexity index is 610. The van der Waals surface area contributed by atoms with Crippen LogP contribution in [0.15, 0.2) is 10.9 Å². The highest BCUT2D eigenvalue weighted by Gasteiger charge is 2.16. The first-order valence-corrected chi connectivity index (χ1v) is 8.31. The summed E-state index contributed by atoms with van der Waals surface area (Å²) in [5, 5.41) is 13.9. The van der Waals surface area contributed by atoms with Crippen molar-refractivity contribution < 1.29 is 0 Å². The van der Waals surface area contributed by atoms with E-state index in [4.69, 9.17) is 18.0 Å². The second kappa shape index (κ2) is 7.42. The van der Waals surface area contributed by atoms with Crippen LogP contribution in [-0.2, 0) is 19.3 Å². The second-order valence-electron chi connectivity index (χ2n) is 4.58. The minimum absolute atomic E-state index is 0.368. The molecule has 0 aliphatic heterocycles. The Kier molecular flexibility index (Phi) is 5.58. The molecule has 0 unspecified atom stereocenters. The third-order valence-corrected chi connectivity index (χ3v) is 4.09. The number of aryl methyl sites for hydroxylation is 1. The van der Waals surface area contributed by atoms with E-state index in [0.717, 1.165) is 48.3 Å². The van der Waals surface area contributed by atoms with Crippen LogP contribution in [0, 0.1) is 0 Å². The normalized spacial score (nSPS) is 10.6. The summed E-state index contributed by atoms with van der Waals surface area (Å²) in [5.41, 5.74) is 11.7. The van der Waals surface area contributed by atoms with Crippen LogP contribution >= 0.6 is 23.6 Å². The molecule has 21 heavy (non-hydrogen) atoms. The molecule has 2 rings (SSSR count). The summed E-state index contributed by atoms with van der Waals surface area (Å²) in [6.07, 6.45) is 2.50. The fraction of sp³-hybridized carbons (Fsp3) is 0.429. The standard InChI is InChI=1S/C14H19N5S2/c1-3-10-11(4-2)18-19-14(12(10)13(15)20)16-6-5-9-7-21-8-17-9/h7-8H,3-6H2,1-2H3,(H2,15,20)(H,16,19). The molecule has 2 aromatic heterocycles. The lowest BCUT2D eigenvalue weighted by molar-refractivity contribution is 0.865. The maximum atomic E-state index is 5.89. The number of rotatable bonds is 7. The van der Waals surface area contributed by atoms with Crippen LogP contribution in [0.1, 0.15) is 36.4 Å². The van der Waals surface area contributed by atoms with E-state index in [2.05, 4.69) is 34.3 Å². The molecule has 5 nitrogen and oxygen atoms in total. The maximum Gasteiger partial charge on any atom is 0.159 e. The molecule has 0 saturated heterocycles. The predicted octanol–water partition coefficient (Wildman–Crippen LogP) is 2.35.